The van der Waals surface area contributed by atoms with E-state index in [4.69, 9.17) is 4.74 Å². The van der Waals surface area contributed by atoms with Gasteiger partial charge in [-0.2, -0.15) is 0 Å². The number of amides is 2. The first-order valence-electron chi connectivity index (χ1n) is 8.46. The Hall–Kier alpha value is -4.06. The lowest BCUT2D eigenvalue weighted by atomic mass is 10.1. The average molecular weight is 374 g/mol. The smallest absolute Gasteiger partial charge is 0.259 e. The molecule has 0 spiro atoms. The number of benzene rings is 3. The van der Waals surface area contributed by atoms with Crippen LogP contribution in [0.3, 0.4) is 0 Å². The van der Waals surface area contributed by atoms with Gasteiger partial charge in [-0.05, 0) is 60.7 Å². The summed E-state index contributed by atoms with van der Waals surface area (Å²) in [5.74, 6) is 0.219. The van der Waals surface area contributed by atoms with Gasteiger partial charge in [-0.25, -0.2) is 0 Å². The highest BCUT2D eigenvalue weighted by Gasteiger charge is 2.13. The molecule has 0 radical (unpaired) electrons. The Kier molecular flexibility index (Phi) is 5.72. The van der Waals surface area contributed by atoms with Gasteiger partial charge in [-0.15, -0.1) is 0 Å². The zero-order valence-corrected chi connectivity index (χ0v) is 14.9. The normalized spacial score (nSPS) is 10.0. The molecule has 3 aromatic rings. The fourth-order valence-corrected chi connectivity index (χ4v) is 2.42. The van der Waals surface area contributed by atoms with Gasteiger partial charge >= 0.3 is 0 Å². The molecule has 0 unspecified atom stereocenters. The molecule has 3 rings (SSSR count). The van der Waals surface area contributed by atoms with Gasteiger partial charge in [0.1, 0.15) is 17.2 Å². The predicted molar refractivity (Wildman–Crippen MR) is 108 cm³/mol. The predicted octanol–water partition coefficient (Wildman–Crippen LogP) is 4.56. The molecule has 6 heteroatoms. The van der Waals surface area contributed by atoms with Crippen molar-refractivity contribution in [2.24, 2.45) is 0 Å². The van der Waals surface area contributed by atoms with Gasteiger partial charge in [0.15, 0.2) is 0 Å². The van der Waals surface area contributed by atoms with Crippen LogP contribution in [0.2, 0.25) is 0 Å². The van der Waals surface area contributed by atoms with Crippen LogP contribution in [0.15, 0.2) is 85.5 Å². The van der Waals surface area contributed by atoms with Crippen molar-refractivity contribution in [3.63, 3.8) is 0 Å². The number of phenols is 1. The third-order valence-corrected chi connectivity index (χ3v) is 3.79. The monoisotopic (exact) mass is 374 g/mol. The molecule has 0 aliphatic rings. The van der Waals surface area contributed by atoms with Crippen LogP contribution in [0.25, 0.3) is 0 Å². The maximum Gasteiger partial charge on any atom is 0.259 e. The Balaban J connectivity index is 1.69. The summed E-state index contributed by atoms with van der Waals surface area (Å²) in [6.45, 7) is 3.37. The molecular weight excluding hydrogens is 356 g/mol. The Labute approximate surface area is 162 Å². The number of aromatic hydroxyl groups is 1. The molecule has 0 atom stereocenters. The van der Waals surface area contributed by atoms with Gasteiger partial charge in [-0.1, -0.05) is 24.8 Å². The lowest BCUT2D eigenvalue weighted by molar-refractivity contribution is -0.111. The first kappa shape index (κ1) is 18.7. The molecule has 3 N–H and O–H groups in total. The van der Waals surface area contributed by atoms with Crippen LogP contribution in [-0.4, -0.2) is 16.9 Å². The SMILES string of the molecule is C=CC(=O)Nc1ccc(O)c(C(=O)Nc2ccc(Oc3ccccc3)cc2)c1. The molecule has 140 valence electrons. The number of ether oxygens (including phenoxy) is 1. The van der Waals surface area contributed by atoms with E-state index in [0.717, 1.165) is 6.08 Å². The molecule has 0 aliphatic heterocycles. The van der Waals surface area contributed by atoms with Crippen molar-refractivity contribution in [2.75, 3.05) is 10.6 Å². The van der Waals surface area contributed by atoms with Gasteiger partial charge in [0.2, 0.25) is 5.91 Å². The fraction of sp³-hybridized carbons (Fsp3) is 0. The third-order valence-electron chi connectivity index (χ3n) is 3.79. The summed E-state index contributed by atoms with van der Waals surface area (Å²) >= 11 is 0. The molecule has 6 nitrogen and oxygen atoms in total. The highest BCUT2D eigenvalue weighted by atomic mass is 16.5. The van der Waals surface area contributed by atoms with Gasteiger partial charge in [-0.3, -0.25) is 9.59 Å². The summed E-state index contributed by atoms with van der Waals surface area (Å²) in [5, 5.41) is 15.2. The number of rotatable bonds is 6. The molecule has 0 heterocycles. The lowest BCUT2D eigenvalue weighted by Gasteiger charge is -2.10. The first-order chi connectivity index (χ1) is 13.5. The van der Waals surface area contributed by atoms with Crippen LogP contribution < -0.4 is 15.4 Å². The largest absolute Gasteiger partial charge is 0.507 e. The van der Waals surface area contributed by atoms with Crippen molar-refractivity contribution in [1.29, 1.82) is 0 Å². The van der Waals surface area contributed by atoms with Crippen LogP contribution in [-0.2, 0) is 4.79 Å². The van der Waals surface area contributed by atoms with Crippen molar-refractivity contribution >= 4 is 23.2 Å². The molecule has 3 aromatic carbocycles. The van der Waals surface area contributed by atoms with Gasteiger partial charge in [0.05, 0.1) is 5.56 Å². The number of hydrogen-bond donors (Lipinski definition) is 3. The van der Waals surface area contributed by atoms with E-state index in [0.29, 0.717) is 22.9 Å². The Morgan fingerprint density at radius 3 is 2.18 bits per heavy atom. The van der Waals surface area contributed by atoms with E-state index in [1.54, 1.807) is 24.3 Å². The number of nitrogens with one attached hydrogen (secondary N) is 2. The van der Waals surface area contributed by atoms with E-state index in [1.807, 2.05) is 30.3 Å². The number of carbonyl (C=O) groups excluding carboxylic acids is 2. The fourth-order valence-electron chi connectivity index (χ4n) is 2.42. The van der Waals surface area contributed by atoms with Crippen molar-refractivity contribution < 1.29 is 19.4 Å². The van der Waals surface area contributed by atoms with Crippen LogP contribution in [0.5, 0.6) is 17.2 Å². The molecular formula is C22H18N2O4. The molecule has 2 amide bonds. The van der Waals surface area contributed by atoms with Crippen LogP contribution >= 0.6 is 0 Å². The van der Waals surface area contributed by atoms with E-state index in [9.17, 15) is 14.7 Å². The molecule has 28 heavy (non-hydrogen) atoms. The second-order valence-electron chi connectivity index (χ2n) is 5.82. The summed E-state index contributed by atoms with van der Waals surface area (Å²) < 4.78 is 5.70. The molecule has 0 saturated carbocycles. The minimum atomic E-state index is -0.510. The summed E-state index contributed by atoms with van der Waals surface area (Å²) in [7, 11) is 0. The zero-order valence-electron chi connectivity index (χ0n) is 14.9. The van der Waals surface area contributed by atoms with Gasteiger partial charge in [0, 0.05) is 11.4 Å². The topological polar surface area (TPSA) is 87.7 Å². The van der Waals surface area contributed by atoms with Gasteiger partial charge < -0.3 is 20.5 Å². The van der Waals surface area contributed by atoms with Gasteiger partial charge in [0.25, 0.3) is 5.91 Å². The number of carbonyl (C=O) groups is 2. The molecule has 0 aromatic heterocycles. The second kappa shape index (κ2) is 8.55. The highest BCUT2D eigenvalue weighted by molar-refractivity contribution is 6.07. The maximum absolute atomic E-state index is 12.5. The maximum atomic E-state index is 12.5. The molecule has 0 saturated heterocycles. The van der Waals surface area contributed by atoms with E-state index in [-0.39, 0.29) is 11.3 Å². The van der Waals surface area contributed by atoms with Crippen molar-refractivity contribution in [3.05, 3.63) is 91.0 Å². The highest BCUT2D eigenvalue weighted by Crippen LogP contribution is 2.25. The second-order valence-corrected chi connectivity index (χ2v) is 5.82. The summed E-state index contributed by atoms with van der Waals surface area (Å²) in [6, 6.07) is 20.4. The van der Waals surface area contributed by atoms with E-state index < -0.39 is 11.8 Å². The van der Waals surface area contributed by atoms with Crippen molar-refractivity contribution in [2.45, 2.75) is 0 Å². The number of para-hydroxylation sites is 1. The third kappa shape index (κ3) is 4.76. The van der Waals surface area contributed by atoms with E-state index >= 15 is 0 Å². The summed E-state index contributed by atoms with van der Waals surface area (Å²) in [6.07, 6.45) is 1.12. The number of anilines is 2. The van der Waals surface area contributed by atoms with E-state index in [1.165, 1.54) is 18.2 Å². The van der Waals surface area contributed by atoms with Crippen molar-refractivity contribution in [3.8, 4) is 17.2 Å². The van der Waals surface area contributed by atoms with Crippen molar-refractivity contribution in [1.82, 2.24) is 0 Å². The molecule has 0 aliphatic carbocycles. The molecule has 0 bridgehead atoms. The summed E-state index contributed by atoms with van der Waals surface area (Å²) in [5.41, 5.74) is 0.941. The average Bonchev–Trinajstić information content (AvgIpc) is 2.71. The standard InChI is InChI=1S/C22H18N2O4/c1-2-21(26)23-16-10-13-20(25)19(14-16)22(27)24-15-8-11-18(12-9-15)28-17-6-4-3-5-7-17/h2-14,25H,1H2,(H,23,26)(H,24,27). The van der Waals surface area contributed by atoms with Crippen LogP contribution in [0, 0.1) is 0 Å². The summed E-state index contributed by atoms with van der Waals surface area (Å²) in [4.78, 5) is 23.9. The van der Waals surface area contributed by atoms with E-state index in [2.05, 4.69) is 17.2 Å². The Bertz CT molecular complexity index is 999. The minimum Gasteiger partial charge on any atom is -0.507 e. The minimum absolute atomic E-state index is 0.0338. The van der Waals surface area contributed by atoms with Crippen LogP contribution in [0.4, 0.5) is 11.4 Å². The molecule has 0 fully saturated rings. The number of phenolic OH excluding ortho intramolecular Hbond substituents is 1. The Morgan fingerprint density at radius 1 is 0.857 bits per heavy atom. The first-order valence-corrected chi connectivity index (χ1v) is 8.46. The Morgan fingerprint density at radius 2 is 1.50 bits per heavy atom. The quantitative estimate of drug-likeness (QED) is 0.436. The number of hydrogen-bond acceptors (Lipinski definition) is 4. The van der Waals surface area contributed by atoms with Crippen LogP contribution in [0.1, 0.15) is 10.4 Å². The zero-order chi connectivity index (χ0) is 19.9. The lowest BCUT2D eigenvalue weighted by Crippen LogP contribution is -2.13.